The Hall–Kier alpha value is -2.15. The molecule has 0 aliphatic heterocycles. The Morgan fingerprint density at radius 3 is 2.29 bits per heavy atom. The van der Waals surface area contributed by atoms with E-state index in [9.17, 15) is 9.59 Å². The summed E-state index contributed by atoms with van der Waals surface area (Å²) in [6, 6.07) is 4.67. The van der Waals surface area contributed by atoms with Crippen LogP contribution in [-0.2, 0) is 4.74 Å². The first-order chi connectivity index (χ1) is 10.9. The molecule has 2 rings (SSSR count). The normalized spacial score (nSPS) is 12.2. The predicted octanol–water partition coefficient (Wildman–Crippen LogP) is 3.24. The Balaban J connectivity index is 2.53. The van der Waals surface area contributed by atoms with E-state index in [0.717, 1.165) is 4.73 Å². The first-order valence-electron chi connectivity index (χ1n) is 7.59. The van der Waals surface area contributed by atoms with Gasteiger partial charge in [-0.25, -0.2) is 4.79 Å². The summed E-state index contributed by atoms with van der Waals surface area (Å²) in [4.78, 5) is 33.2. The first-order valence-corrected chi connectivity index (χ1v) is 8.00. The van der Waals surface area contributed by atoms with Crippen LogP contribution in [0.2, 0.25) is 0 Å². The quantitative estimate of drug-likeness (QED) is 0.665. The lowest BCUT2D eigenvalue weighted by atomic mass is 10.1. The van der Waals surface area contributed by atoms with Gasteiger partial charge in [0.15, 0.2) is 0 Å². The predicted molar refractivity (Wildman–Crippen MR) is 94.9 cm³/mol. The minimum absolute atomic E-state index is 0.128. The second-order valence-corrected chi connectivity index (χ2v) is 7.88. The second-order valence-electron chi connectivity index (χ2n) is 7.50. The van der Waals surface area contributed by atoms with E-state index in [1.165, 1.54) is 0 Å². The minimum atomic E-state index is -0.594. The van der Waals surface area contributed by atoms with Gasteiger partial charge >= 0.3 is 5.97 Å². The van der Waals surface area contributed by atoms with E-state index in [2.05, 4.69) is 4.98 Å². The molecule has 6 nitrogen and oxygen atoms in total. The Morgan fingerprint density at radius 2 is 1.75 bits per heavy atom. The smallest absolute Gasteiger partial charge is 0.338 e. The van der Waals surface area contributed by atoms with Crippen LogP contribution in [0.3, 0.4) is 0 Å². The summed E-state index contributed by atoms with van der Waals surface area (Å²) >= 11 is 5.20. The maximum atomic E-state index is 12.6. The molecule has 24 heavy (non-hydrogen) atoms. The number of fused-ring (bicyclic) bond motifs is 1. The number of carbonyl (C=O) groups is 1. The van der Waals surface area contributed by atoms with Crippen LogP contribution in [0.4, 0.5) is 0 Å². The summed E-state index contributed by atoms with van der Waals surface area (Å²) in [5.74, 6) is -0.459. The van der Waals surface area contributed by atoms with E-state index in [-0.39, 0.29) is 10.3 Å². The number of ether oxygens (including phenoxy) is 1. The zero-order valence-electron chi connectivity index (χ0n) is 14.7. The molecular weight excluding hydrogens is 328 g/mol. The van der Waals surface area contributed by atoms with Crippen molar-refractivity contribution in [3.8, 4) is 0 Å². The Labute approximate surface area is 145 Å². The van der Waals surface area contributed by atoms with Gasteiger partial charge in [0.05, 0.1) is 16.5 Å². The topological polar surface area (TPSA) is 73.3 Å². The van der Waals surface area contributed by atoms with Crippen LogP contribution in [0.1, 0.15) is 51.9 Å². The zero-order chi connectivity index (χ0) is 18.3. The van der Waals surface area contributed by atoms with Gasteiger partial charge in [0, 0.05) is 0 Å². The van der Waals surface area contributed by atoms with E-state index in [1.807, 2.05) is 20.8 Å². The fourth-order valence-corrected chi connectivity index (χ4v) is 2.25. The third-order valence-electron chi connectivity index (χ3n) is 2.86. The molecule has 1 heterocycles. The van der Waals surface area contributed by atoms with Crippen molar-refractivity contribution in [2.24, 2.45) is 0 Å². The maximum Gasteiger partial charge on any atom is 0.338 e. The van der Waals surface area contributed by atoms with Gasteiger partial charge in [0.1, 0.15) is 11.2 Å². The highest BCUT2D eigenvalue weighted by Gasteiger charge is 2.20. The molecule has 7 heteroatoms. The number of carbonyl (C=O) groups excluding carboxylic acids is 1. The fourth-order valence-electron chi connectivity index (χ4n) is 2.02. The van der Waals surface area contributed by atoms with Gasteiger partial charge in [-0.2, -0.15) is 0 Å². The van der Waals surface area contributed by atoms with Crippen molar-refractivity contribution in [3.05, 3.63) is 38.9 Å². The molecule has 0 saturated heterocycles. The fraction of sp³-hybridized carbons (Fsp3) is 0.471. The zero-order valence-corrected chi connectivity index (χ0v) is 15.5. The maximum absolute atomic E-state index is 12.6. The first kappa shape index (κ1) is 18.2. The molecule has 1 N–H and O–H groups in total. The molecule has 130 valence electrons. The average Bonchev–Trinajstić information content (AvgIpc) is 2.40. The van der Waals surface area contributed by atoms with E-state index in [4.69, 9.17) is 21.8 Å². The van der Waals surface area contributed by atoms with Crippen LogP contribution in [0.25, 0.3) is 10.9 Å². The lowest BCUT2D eigenvalue weighted by molar-refractivity contribution is -0.0233. The van der Waals surface area contributed by atoms with Gasteiger partial charge in [-0.3, -0.25) is 4.79 Å². The number of esters is 1. The molecule has 0 aliphatic carbocycles. The summed E-state index contributed by atoms with van der Waals surface area (Å²) in [6.07, 6.45) is 0. The van der Waals surface area contributed by atoms with Gasteiger partial charge in [-0.15, -0.1) is 4.73 Å². The number of rotatable bonds is 2. The van der Waals surface area contributed by atoms with E-state index in [0.29, 0.717) is 16.5 Å². The van der Waals surface area contributed by atoms with Crippen LogP contribution in [0.5, 0.6) is 0 Å². The Morgan fingerprint density at radius 1 is 1.12 bits per heavy atom. The number of benzene rings is 1. The molecule has 2 aromatic rings. The van der Waals surface area contributed by atoms with Gasteiger partial charge in [0.25, 0.3) is 5.56 Å². The molecule has 0 aliphatic rings. The largest absolute Gasteiger partial charge is 0.456 e. The molecule has 0 atom stereocenters. The lowest BCUT2D eigenvalue weighted by Gasteiger charge is -2.21. The van der Waals surface area contributed by atoms with Gasteiger partial charge in [-0.05, 0) is 72.0 Å². The monoisotopic (exact) mass is 350 g/mol. The molecular formula is C17H22N2O4S. The third kappa shape index (κ3) is 4.23. The van der Waals surface area contributed by atoms with Crippen LogP contribution < -0.4 is 10.4 Å². The van der Waals surface area contributed by atoms with Crippen LogP contribution in [0, 0.1) is 4.77 Å². The number of H-pyrrole nitrogens is 1. The van der Waals surface area contributed by atoms with Crippen molar-refractivity contribution < 1.29 is 14.4 Å². The number of aromatic nitrogens is 2. The molecule has 0 spiro atoms. The lowest BCUT2D eigenvalue weighted by Crippen LogP contribution is -2.38. The van der Waals surface area contributed by atoms with E-state index >= 15 is 0 Å². The van der Waals surface area contributed by atoms with Gasteiger partial charge < -0.3 is 14.6 Å². The molecule has 1 aromatic carbocycles. The second kappa shape index (κ2) is 6.05. The van der Waals surface area contributed by atoms with Crippen molar-refractivity contribution in [1.82, 2.24) is 9.71 Å². The number of nitrogens with zero attached hydrogens (tertiary/aromatic N) is 1. The van der Waals surface area contributed by atoms with E-state index < -0.39 is 17.2 Å². The standard InChI is InChI=1S/C17H22N2O4S/c1-16(2,3)22-14(21)10-7-8-11-12(9-10)18-15(24)19(13(11)20)23-17(4,5)6/h7-9H,1-6H3,(H,18,24). The van der Waals surface area contributed by atoms with Crippen molar-refractivity contribution in [2.45, 2.75) is 52.7 Å². The molecule has 0 bridgehead atoms. The number of hydrogen-bond acceptors (Lipinski definition) is 5. The molecule has 0 radical (unpaired) electrons. The van der Waals surface area contributed by atoms with Crippen LogP contribution in [0.15, 0.2) is 23.0 Å². The average molecular weight is 350 g/mol. The molecule has 0 unspecified atom stereocenters. The number of hydrogen-bond donors (Lipinski definition) is 1. The summed E-state index contributed by atoms with van der Waals surface area (Å²) in [5, 5.41) is 0.375. The third-order valence-corrected chi connectivity index (χ3v) is 3.13. The van der Waals surface area contributed by atoms with Gasteiger partial charge in [0.2, 0.25) is 4.77 Å². The van der Waals surface area contributed by atoms with Crippen molar-refractivity contribution in [1.29, 1.82) is 0 Å². The highest BCUT2D eigenvalue weighted by molar-refractivity contribution is 7.71. The van der Waals surface area contributed by atoms with Crippen LogP contribution >= 0.6 is 12.2 Å². The summed E-state index contributed by atoms with van der Waals surface area (Å²) in [6.45, 7) is 10.9. The summed E-state index contributed by atoms with van der Waals surface area (Å²) in [5.41, 5.74) is -0.739. The van der Waals surface area contributed by atoms with Crippen molar-refractivity contribution >= 4 is 29.1 Å². The molecule has 0 fully saturated rings. The number of aromatic amines is 1. The minimum Gasteiger partial charge on any atom is -0.456 e. The molecule has 1 aromatic heterocycles. The van der Waals surface area contributed by atoms with Gasteiger partial charge in [-0.1, -0.05) is 0 Å². The summed E-state index contributed by atoms with van der Waals surface area (Å²) in [7, 11) is 0. The Bertz CT molecular complexity index is 898. The van der Waals surface area contributed by atoms with Crippen LogP contribution in [-0.4, -0.2) is 26.9 Å². The van der Waals surface area contributed by atoms with E-state index in [1.54, 1.807) is 39.0 Å². The highest BCUT2D eigenvalue weighted by atomic mass is 32.1. The SMILES string of the molecule is CC(C)(C)OC(=O)c1ccc2c(=O)n(OC(C)(C)C)c(=S)[nH]c2c1. The molecule has 0 saturated carbocycles. The Kier molecular flexibility index (Phi) is 4.59. The highest BCUT2D eigenvalue weighted by Crippen LogP contribution is 2.16. The summed E-state index contributed by atoms with van der Waals surface area (Å²) < 4.78 is 6.52. The molecule has 0 amide bonds. The van der Waals surface area contributed by atoms with Crippen molar-refractivity contribution in [2.75, 3.05) is 0 Å². The number of nitrogens with one attached hydrogen (secondary N) is 1. The van der Waals surface area contributed by atoms with Crippen molar-refractivity contribution in [3.63, 3.8) is 0 Å².